The van der Waals surface area contributed by atoms with Gasteiger partial charge in [-0.1, -0.05) is 30.3 Å². The van der Waals surface area contributed by atoms with E-state index in [1.807, 2.05) is 18.0 Å². The van der Waals surface area contributed by atoms with Crippen LogP contribution in [-0.2, 0) is 11.2 Å². The molecule has 0 aliphatic carbocycles. The highest BCUT2D eigenvalue weighted by Gasteiger charge is 2.15. The summed E-state index contributed by atoms with van der Waals surface area (Å²) >= 11 is 0. The Kier molecular flexibility index (Phi) is 6.74. The molecule has 1 aromatic rings. The second-order valence-electron chi connectivity index (χ2n) is 6.14. The van der Waals surface area contributed by atoms with Gasteiger partial charge in [-0.3, -0.25) is 4.79 Å². The molecular weight excluding hydrogens is 260 g/mol. The highest BCUT2D eigenvalue weighted by atomic mass is 16.2. The minimum Gasteiger partial charge on any atom is -0.346 e. The lowest BCUT2D eigenvalue weighted by Gasteiger charge is -2.25. The summed E-state index contributed by atoms with van der Waals surface area (Å²) in [5.41, 5.74) is 1.32. The summed E-state index contributed by atoms with van der Waals surface area (Å²) in [6, 6.07) is 10.4. The summed E-state index contributed by atoms with van der Waals surface area (Å²) in [6.07, 6.45) is 6.28. The molecule has 116 valence electrons. The maximum absolute atomic E-state index is 12.1. The van der Waals surface area contributed by atoms with Crippen LogP contribution >= 0.6 is 0 Å². The van der Waals surface area contributed by atoms with Crippen LogP contribution in [0, 0.1) is 5.92 Å². The summed E-state index contributed by atoms with van der Waals surface area (Å²) in [6.45, 7) is 3.19. The third-order valence-electron chi connectivity index (χ3n) is 4.46. The lowest BCUT2D eigenvalue weighted by molar-refractivity contribution is -0.130. The van der Waals surface area contributed by atoms with Crippen molar-refractivity contribution in [2.45, 2.75) is 38.5 Å². The van der Waals surface area contributed by atoms with Gasteiger partial charge in [-0.05, 0) is 56.7 Å². The van der Waals surface area contributed by atoms with Gasteiger partial charge in [-0.25, -0.2) is 0 Å². The first-order valence-electron chi connectivity index (χ1n) is 8.24. The van der Waals surface area contributed by atoms with E-state index in [0.717, 1.165) is 44.8 Å². The molecule has 0 bridgehead atoms. The Balaban J connectivity index is 1.60. The number of hydrogen-bond donors (Lipinski definition) is 1. The van der Waals surface area contributed by atoms with Crippen LogP contribution in [0.5, 0.6) is 0 Å². The summed E-state index contributed by atoms with van der Waals surface area (Å²) < 4.78 is 0. The van der Waals surface area contributed by atoms with Gasteiger partial charge in [0, 0.05) is 20.0 Å². The molecule has 21 heavy (non-hydrogen) atoms. The molecule has 0 aromatic heterocycles. The largest absolute Gasteiger partial charge is 0.346 e. The maximum Gasteiger partial charge on any atom is 0.222 e. The Morgan fingerprint density at radius 2 is 1.95 bits per heavy atom. The molecule has 3 heteroatoms. The average molecular weight is 288 g/mol. The number of rotatable bonds is 7. The molecule has 1 aliphatic heterocycles. The summed E-state index contributed by atoms with van der Waals surface area (Å²) in [4.78, 5) is 14.0. The first-order valence-corrected chi connectivity index (χ1v) is 8.24. The fourth-order valence-corrected chi connectivity index (χ4v) is 2.95. The van der Waals surface area contributed by atoms with E-state index >= 15 is 0 Å². The van der Waals surface area contributed by atoms with Gasteiger partial charge < -0.3 is 10.2 Å². The van der Waals surface area contributed by atoms with Crippen LogP contribution in [0.2, 0.25) is 0 Å². The molecule has 1 fully saturated rings. The topological polar surface area (TPSA) is 32.3 Å². The van der Waals surface area contributed by atoms with Crippen molar-refractivity contribution in [2.24, 2.45) is 5.92 Å². The molecule has 0 spiro atoms. The lowest BCUT2D eigenvalue weighted by atomic mass is 9.94. The van der Waals surface area contributed by atoms with Gasteiger partial charge in [0.05, 0.1) is 0 Å². The number of aryl methyl sites for hydroxylation is 1. The Bertz CT molecular complexity index is 412. The van der Waals surface area contributed by atoms with Crippen LogP contribution in [0.4, 0.5) is 0 Å². The predicted octanol–water partition coefficient (Wildman–Crippen LogP) is 2.86. The maximum atomic E-state index is 12.1. The zero-order valence-corrected chi connectivity index (χ0v) is 13.2. The highest BCUT2D eigenvalue weighted by Crippen LogP contribution is 2.16. The van der Waals surface area contributed by atoms with E-state index in [-0.39, 0.29) is 0 Å². The number of amides is 1. The van der Waals surface area contributed by atoms with E-state index in [2.05, 4.69) is 29.6 Å². The van der Waals surface area contributed by atoms with E-state index in [4.69, 9.17) is 0 Å². The van der Waals surface area contributed by atoms with Crippen molar-refractivity contribution in [3.05, 3.63) is 35.9 Å². The average Bonchev–Trinajstić information content (AvgIpc) is 2.54. The van der Waals surface area contributed by atoms with Gasteiger partial charge in [-0.15, -0.1) is 0 Å². The summed E-state index contributed by atoms with van der Waals surface area (Å²) in [5, 5.41) is 3.39. The van der Waals surface area contributed by atoms with Gasteiger partial charge in [0.15, 0.2) is 0 Å². The predicted molar refractivity (Wildman–Crippen MR) is 87.2 cm³/mol. The standard InChI is InChI=1S/C18H28N2O/c1-20(15-12-17-10-13-19-14-11-17)18(21)9-5-8-16-6-3-2-4-7-16/h2-4,6-7,17,19H,5,8-15H2,1H3. The van der Waals surface area contributed by atoms with Gasteiger partial charge >= 0.3 is 0 Å². The highest BCUT2D eigenvalue weighted by molar-refractivity contribution is 5.75. The zero-order valence-electron chi connectivity index (χ0n) is 13.2. The number of carbonyl (C=O) groups excluding carboxylic acids is 1. The van der Waals surface area contributed by atoms with Crippen molar-refractivity contribution in [3.8, 4) is 0 Å². The lowest BCUT2D eigenvalue weighted by Crippen LogP contribution is -2.32. The van der Waals surface area contributed by atoms with Crippen LogP contribution in [0.25, 0.3) is 0 Å². The van der Waals surface area contributed by atoms with Crippen molar-refractivity contribution >= 4 is 5.91 Å². The van der Waals surface area contributed by atoms with Crippen LogP contribution < -0.4 is 5.32 Å². The number of piperidine rings is 1. The van der Waals surface area contributed by atoms with Crippen molar-refractivity contribution in [3.63, 3.8) is 0 Å². The van der Waals surface area contributed by atoms with Crippen LogP contribution in [-0.4, -0.2) is 37.5 Å². The zero-order chi connectivity index (χ0) is 14.9. The normalized spacial score (nSPS) is 15.9. The Morgan fingerprint density at radius 1 is 1.24 bits per heavy atom. The number of carbonyl (C=O) groups is 1. The first kappa shape index (κ1) is 16.0. The van der Waals surface area contributed by atoms with E-state index in [1.165, 1.54) is 18.4 Å². The van der Waals surface area contributed by atoms with Crippen molar-refractivity contribution in [2.75, 3.05) is 26.7 Å². The summed E-state index contributed by atoms with van der Waals surface area (Å²) in [7, 11) is 1.95. The second kappa shape index (κ2) is 8.83. The van der Waals surface area contributed by atoms with E-state index in [0.29, 0.717) is 12.3 Å². The molecule has 1 heterocycles. The summed E-state index contributed by atoms with van der Waals surface area (Å²) in [5.74, 6) is 1.09. The molecule has 0 saturated carbocycles. The third kappa shape index (κ3) is 5.88. The van der Waals surface area contributed by atoms with Crippen molar-refractivity contribution in [1.82, 2.24) is 10.2 Å². The molecular formula is C18H28N2O. The molecule has 3 nitrogen and oxygen atoms in total. The number of hydrogen-bond acceptors (Lipinski definition) is 2. The Morgan fingerprint density at radius 3 is 2.67 bits per heavy atom. The molecule has 1 aromatic carbocycles. The third-order valence-corrected chi connectivity index (χ3v) is 4.46. The quantitative estimate of drug-likeness (QED) is 0.837. The smallest absolute Gasteiger partial charge is 0.222 e. The first-order chi connectivity index (χ1) is 10.3. The molecule has 1 saturated heterocycles. The van der Waals surface area contributed by atoms with Crippen molar-refractivity contribution in [1.29, 1.82) is 0 Å². The Labute approximate surface area is 128 Å². The molecule has 1 aliphatic rings. The van der Waals surface area contributed by atoms with Gasteiger partial charge in [0.25, 0.3) is 0 Å². The van der Waals surface area contributed by atoms with Crippen LogP contribution in [0.1, 0.15) is 37.7 Å². The molecule has 2 rings (SSSR count). The van der Waals surface area contributed by atoms with Gasteiger partial charge in [0.2, 0.25) is 5.91 Å². The second-order valence-corrected chi connectivity index (χ2v) is 6.14. The number of benzene rings is 1. The number of nitrogens with one attached hydrogen (secondary N) is 1. The minimum absolute atomic E-state index is 0.292. The monoisotopic (exact) mass is 288 g/mol. The van der Waals surface area contributed by atoms with Crippen molar-refractivity contribution < 1.29 is 4.79 Å². The molecule has 0 radical (unpaired) electrons. The van der Waals surface area contributed by atoms with Gasteiger partial charge in [-0.2, -0.15) is 0 Å². The molecule has 0 unspecified atom stereocenters. The fraction of sp³-hybridized carbons (Fsp3) is 0.611. The van der Waals surface area contributed by atoms with E-state index in [9.17, 15) is 4.79 Å². The number of nitrogens with zero attached hydrogens (tertiary/aromatic N) is 1. The van der Waals surface area contributed by atoms with Gasteiger partial charge in [0.1, 0.15) is 0 Å². The minimum atomic E-state index is 0.292. The van der Waals surface area contributed by atoms with E-state index in [1.54, 1.807) is 0 Å². The Hall–Kier alpha value is -1.35. The SMILES string of the molecule is CN(CCC1CCNCC1)C(=O)CCCc1ccccc1. The van der Waals surface area contributed by atoms with Crippen LogP contribution in [0.3, 0.4) is 0 Å². The van der Waals surface area contributed by atoms with E-state index < -0.39 is 0 Å². The molecule has 0 atom stereocenters. The molecule has 1 N–H and O–H groups in total. The van der Waals surface area contributed by atoms with Crippen LogP contribution in [0.15, 0.2) is 30.3 Å². The molecule has 1 amide bonds. The fourth-order valence-electron chi connectivity index (χ4n) is 2.95.